The van der Waals surface area contributed by atoms with Gasteiger partial charge in [0.05, 0.1) is 10.1 Å². The Bertz CT molecular complexity index is 266. The molecule has 0 rings (SSSR count). The van der Waals surface area contributed by atoms with Crippen LogP contribution in [0, 0.1) is 0 Å². The Balaban J connectivity index is 0. The van der Waals surface area contributed by atoms with Gasteiger partial charge in [-0.05, 0) is 33.1 Å². The van der Waals surface area contributed by atoms with Crippen LogP contribution in [0.5, 0.6) is 0 Å². The van der Waals surface area contributed by atoms with E-state index in [4.69, 9.17) is 0 Å². The van der Waals surface area contributed by atoms with Crippen molar-refractivity contribution in [2.24, 2.45) is 0 Å². The van der Waals surface area contributed by atoms with Crippen LogP contribution in [0.3, 0.4) is 0 Å². The first kappa shape index (κ1) is 18.0. The number of rotatable bonds is 7. The predicted octanol–water partition coefficient (Wildman–Crippen LogP) is -0.548. The van der Waals surface area contributed by atoms with E-state index in [1.54, 1.807) is 0 Å². The fraction of sp³-hybridized carbons (Fsp3) is 0.800. The summed E-state index contributed by atoms with van der Waals surface area (Å²) in [6.07, 6.45) is 6.62. The molecule has 0 radical (unpaired) electrons. The monoisotopic (exact) mass is 242 g/mol. The first-order valence-electron chi connectivity index (χ1n) is 4.99. The molecule has 0 aromatic rings. The Kier molecular flexibility index (Phi) is 11.8. The summed E-state index contributed by atoms with van der Waals surface area (Å²) in [5.74, 6) is -0.213. The molecule has 15 heavy (non-hydrogen) atoms. The van der Waals surface area contributed by atoms with Gasteiger partial charge in [0, 0.05) is 5.75 Å². The fourth-order valence-electron chi connectivity index (χ4n) is 1.17. The molecule has 3 nitrogen and oxygen atoms in total. The molecule has 0 fully saturated rings. The summed E-state index contributed by atoms with van der Waals surface area (Å²) in [5.41, 5.74) is 1.31. The number of hydrogen-bond donors (Lipinski definition) is 0. The largest absolute Gasteiger partial charge is 1.00 e. The van der Waals surface area contributed by atoms with Crippen LogP contribution < -0.4 is 29.6 Å². The zero-order chi connectivity index (χ0) is 11.0. The smallest absolute Gasteiger partial charge is 0.748 e. The fourth-order valence-corrected chi connectivity index (χ4v) is 1.73. The summed E-state index contributed by atoms with van der Waals surface area (Å²) in [5, 5.41) is 0. The van der Waals surface area contributed by atoms with Gasteiger partial charge in [-0.25, -0.2) is 8.42 Å². The van der Waals surface area contributed by atoms with Gasteiger partial charge in [0.25, 0.3) is 0 Å². The molecule has 84 valence electrons. The summed E-state index contributed by atoms with van der Waals surface area (Å²) in [4.78, 5) is 0. The van der Waals surface area contributed by atoms with Crippen molar-refractivity contribution >= 4 is 10.1 Å². The molecule has 0 atom stereocenters. The third-order valence-corrected chi connectivity index (χ3v) is 2.69. The molecular weight excluding hydrogens is 223 g/mol. The van der Waals surface area contributed by atoms with Crippen molar-refractivity contribution in [1.29, 1.82) is 0 Å². The Morgan fingerprint density at radius 1 is 1.13 bits per heavy atom. The quantitative estimate of drug-likeness (QED) is 0.260. The van der Waals surface area contributed by atoms with Gasteiger partial charge in [-0.15, -0.1) is 0 Å². The number of allylic oxidation sites excluding steroid dienone is 2. The van der Waals surface area contributed by atoms with Crippen LogP contribution in [0.4, 0.5) is 0 Å². The van der Waals surface area contributed by atoms with Crippen molar-refractivity contribution in [1.82, 2.24) is 0 Å². The molecule has 0 saturated heterocycles. The normalized spacial score (nSPS) is 10.6. The summed E-state index contributed by atoms with van der Waals surface area (Å²) in [6, 6.07) is 0. The van der Waals surface area contributed by atoms with Crippen LogP contribution in [0.1, 0.15) is 46.0 Å². The Morgan fingerprint density at radius 2 is 1.67 bits per heavy atom. The third kappa shape index (κ3) is 17.3. The Labute approximate surface area is 115 Å². The van der Waals surface area contributed by atoms with Gasteiger partial charge >= 0.3 is 29.6 Å². The van der Waals surface area contributed by atoms with Crippen LogP contribution in [-0.2, 0) is 10.1 Å². The average molecular weight is 242 g/mol. The van der Waals surface area contributed by atoms with E-state index in [9.17, 15) is 13.0 Å². The Morgan fingerprint density at radius 3 is 2.13 bits per heavy atom. The molecule has 0 unspecified atom stereocenters. The molecule has 0 N–H and O–H groups in total. The van der Waals surface area contributed by atoms with Gasteiger partial charge in [-0.3, -0.25) is 0 Å². The second kappa shape index (κ2) is 9.85. The molecule has 0 aliphatic heterocycles. The summed E-state index contributed by atoms with van der Waals surface area (Å²) < 4.78 is 30.7. The molecule has 0 aromatic carbocycles. The van der Waals surface area contributed by atoms with E-state index in [0.717, 1.165) is 25.7 Å². The summed E-state index contributed by atoms with van der Waals surface area (Å²) in [7, 11) is -3.99. The van der Waals surface area contributed by atoms with Crippen molar-refractivity contribution in [2.45, 2.75) is 46.0 Å². The second-order valence-electron chi connectivity index (χ2n) is 3.75. The maximum absolute atomic E-state index is 10.2. The topological polar surface area (TPSA) is 57.2 Å². The van der Waals surface area contributed by atoms with Crippen LogP contribution in [0.25, 0.3) is 0 Å². The zero-order valence-electron chi connectivity index (χ0n) is 9.95. The molecule has 0 aromatic heterocycles. The van der Waals surface area contributed by atoms with Gasteiger partial charge in [-0.2, -0.15) is 0 Å². The minimum absolute atomic E-state index is 0. The minimum Gasteiger partial charge on any atom is -0.748 e. The standard InChI is InChI=1S/C10H20O3S.Na/c1-10(2)8-6-4-3-5-7-9-14(11,12)13;/h8H,3-7,9H2,1-2H3,(H,11,12,13);/q;+1/p-1. The molecule has 0 bridgehead atoms. The van der Waals surface area contributed by atoms with E-state index in [1.165, 1.54) is 5.57 Å². The molecular formula is C10H19NaO3S. The maximum Gasteiger partial charge on any atom is 1.00 e. The third-order valence-electron chi connectivity index (χ3n) is 1.90. The van der Waals surface area contributed by atoms with Crippen molar-refractivity contribution < 1.29 is 42.5 Å². The van der Waals surface area contributed by atoms with Crippen molar-refractivity contribution in [2.75, 3.05) is 5.75 Å². The van der Waals surface area contributed by atoms with E-state index < -0.39 is 10.1 Å². The summed E-state index contributed by atoms with van der Waals surface area (Å²) in [6.45, 7) is 4.12. The van der Waals surface area contributed by atoms with Gasteiger partial charge in [0.15, 0.2) is 0 Å². The van der Waals surface area contributed by atoms with Gasteiger partial charge in [0.1, 0.15) is 0 Å². The van der Waals surface area contributed by atoms with Gasteiger partial charge < -0.3 is 4.55 Å². The Hall–Kier alpha value is 0.650. The predicted molar refractivity (Wildman–Crippen MR) is 57.1 cm³/mol. The van der Waals surface area contributed by atoms with Crippen LogP contribution in [0.2, 0.25) is 0 Å². The van der Waals surface area contributed by atoms with Crippen molar-refractivity contribution in [3.63, 3.8) is 0 Å². The van der Waals surface area contributed by atoms with Gasteiger partial charge in [0.2, 0.25) is 0 Å². The molecule has 0 aliphatic carbocycles. The van der Waals surface area contributed by atoms with E-state index in [1.807, 2.05) is 0 Å². The first-order valence-corrected chi connectivity index (χ1v) is 6.56. The molecule has 0 aliphatic rings. The van der Waals surface area contributed by atoms with Crippen LogP contribution >= 0.6 is 0 Å². The van der Waals surface area contributed by atoms with Gasteiger partial charge in [-0.1, -0.05) is 24.5 Å². The molecule has 5 heteroatoms. The first-order chi connectivity index (χ1) is 6.42. The van der Waals surface area contributed by atoms with E-state index in [-0.39, 0.29) is 35.3 Å². The zero-order valence-corrected chi connectivity index (χ0v) is 12.8. The number of unbranched alkanes of at least 4 members (excludes halogenated alkanes) is 4. The van der Waals surface area contributed by atoms with Crippen LogP contribution in [-0.4, -0.2) is 18.7 Å². The second-order valence-corrected chi connectivity index (χ2v) is 5.27. The average Bonchev–Trinajstić information content (AvgIpc) is 2.00. The van der Waals surface area contributed by atoms with E-state index >= 15 is 0 Å². The molecule has 0 amide bonds. The molecule has 0 spiro atoms. The SMILES string of the molecule is CC(C)=CCCCCCCS(=O)(=O)[O-].[Na+]. The van der Waals surface area contributed by atoms with E-state index in [0.29, 0.717) is 6.42 Å². The van der Waals surface area contributed by atoms with E-state index in [2.05, 4.69) is 19.9 Å². The number of hydrogen-bond acceptors (Lipinski definition) is 3. The molecule has 0 saturated carbocycles. The summed E-state index contributed by atoms with van der Waals surface area (Å²) >= 11 is 0. The minimum atomic E-state index is -3.99. The molecule has 0 heterocycles. The van der Waals surface area contributed by atoms with Crippen molar-refractivity contribution in [3.05, 3.63) is 11.6 Å². The van der Waals surface area contributed by atoms with Crippen LogP contribution in [0.15, 0.2) is 11.6 Å². The van der Waals surface area contributed by atoms with Crippen molar-refractivity contribution in [3.8, 4) is 0 Å². The maximum atomic E-state index is 10.2.